The lowest BCUT2D eigenvalue weighted by atomic mass is 10.2. The molecule has 2 heterocycles. The highest BCUT2D eigenvalue weighted by Gasteiger charge is 2.29. The maximum absolute atomic E-state index is 12.1. The third-order valence-corrected chi connectivity index (χ3v) is 4.28. The van der Waals surface area contributed by atoms with Crippen molar-refractivity contribution in [3.63, 3.8) is 0 Å². The minimum atomic E-state index is -0.0134. The van der Waals surface area contributed by atoms with Crippen molar-refractivity contribution in [1.82, 2.24) is 20.4 Å². The second-order valence-electron chi connectivity index (χ2n) is 4.55. The summed E-state index contributed by atoms with van der Waals surface area (Å²) in [5, 5.41) is 5.82. The molecule has 0 bridgehead atoms. The first-order valence-corrected chi connectivity index (χ1v) is 7.39. The van der Waals surface area contributed by atoms with E-state index in [4.69, 9.17) is 0 Å². The largest absolute Gasteiger partial charge is 0.358 e. The average molecular weight is 272 g/mol. The van der Waals surface area contributed by atoms with Gasteiger partial charge in [-0.15, -0.1) is 11.8 Å². The van der Waals surface area contributed by atoms with E-state index in [9.17, 15) is 9.59 Å². The Morgan fingerprint density at radius 2 is 2.06 bits per heavy atom. The predicted octanol–water partition coefficient (Wildman–Crippen LogP) is -1.46. The molecule has 1 unspecified atom stereocenters. The highest BCUT2D eigenvalue weighted by molar-refractivity contribution is 7.99. The highest BCUT2D eigenvalue weighted by atomic mass is 32.2. The second kappa shape index (κ2) is 6.40. The molecule has 2 aliphatic heterocycles. The monoisotopic (exact) mass is 272 g/mol. The van der Waals surface area contributed by atoms with Crippen LogP contribution in [0.3, 0.4) is 0 Å². The first-order chi connectivity index (χ1) is 8.70. The Balaban J connectivity index is 1.75. The van der Waals surface area contributed by atoms with Crippen LogP contribution in [0.5, 0.6) is 0 Å². The Hall–Kier alpha value is -0.790. The number of rotatable bonds is 3. The normalized spacial score (nSPS) is 25.2. The van der Waals surface area contributed by atoms with Crippen molar-refractivity contribution < 1.29 is 9.59 Å². The Labute approximate surface area is 111 Å². The maximum Gasteiger partial charge on any atom is 0.240 e. The Kier molecular flexibility index (Phi) is 4.85. The van der Waals surface area contributed by atoms with Crippen molar-refractivity contribution in [2.75, 3.05) is 51.4 Å². The van der Waals surface area contributed by atoms with E-state index in [0.717, 1.165) is 37.8 Å². The number of nitrogens with one attached hydrogen (secondary N) is 2. The molecule has 2 aliphatic rings. The number of likely N-dealkylation sites (N-methyl/N-ethyl adjacent to an activating group) is 1. The van der Waals surface area contributed by atoms with Crippen molar-refractivity contribution in [3.05, 3.63) is 0 Å². The molecule has 0 radical (unpaired) electrons. The third-order valence-electron chi connectivity index (χ3n) is 3.34. The fraction of sp³-hybridized carbons (Fsp3) is 0.818. The lowest BCUT2D eigenvalue weighted by Gasteiger charge is -2.35. The fourth-order valence-corrected chi connectivity index (χ4v) is 3.12. The number of nitrogens with zero attached hydrogens (tertiary/aromatic N) is 2. The number of thioether (sulfide) groups is 1. The number of hydrogen-bond donors (Lipinski definition) is 2. The van der Waals surface area contributed by atoms with Gasteiger partial charge in [-0.3, -0.25) is 19.8 Å². The molecule has 2 amide bonds. The minimum absolute atomic E-state index is 0.0134. The summed E-state index contributed by atoms with van der Waals surface area (Å²) in [6.45, 7) is 3.42. The van der Waals surface area contributed by atoms with E-state index >= 15 is 0 Å². The number of piperazine rings is 1. The smallest absolute Gasteiger partial charge is 0.240 e. The van der Waals surface area contributed by atoms with Gasteiger partial charge in [0.15, 0.2) is 0 Å². The van der Waals surface area contributed by atoms with Gasteiger partial charge in [0, 0.05) is 44.9 Å². The van der Waals surface area contributed by atoms with Crippen LogP contribution in [0.1, 0.15) is 0 Å². The maximum atomic E-state index is 12.1. The Morgan fingerprint density at radius 3 is 2.61 bits per heavy atom. The second-order valence-corrected chi connectivity index (χ2v) is 5.58. The molecule has 6 nitrogen and oxygen atoms in total. The van der Waals surface area contributed by atoms with Crippen molar-refractivity contribution in [2.45, 2.75) is 6.04 Å². The van der Waals surface area contributed by atoms with E-state index < -0.39 is 0 Å². The zero-order valence-corrected chi connectivity index (χ0v) is 11.5. The molecule has 2 N–H and O–H groups in total. The molecule has 0 aromatic heterocycles. The van der Waals surface area contributed by atoms with Crippen LogP contribution in [-0.4, -0.2) is 79.1 Å². The highest BCUT2D eigenvalue weighted by Crippen LogP contribution is 2.13. The molecule has 18 heavy (non-hydrogen) atoms. The van der Waals surface area contributed by atoms with Gasteiger partial charge in [-0.2, -0.15) is 0 Å². The number of amides is 2. The van der Waals surface area contributed by atoms with Crippen LogP contribution < -0.4 is 10.6 Å². The third kappa shape index (κ3) is 3.37. The molecular weight excluding hydrogens is 252 g/mol. The van der Waals surface area contributed by atoms with Gasteiger partial charge < -0.3 is 10.2 Å². The summed E-state index contributed by atoms with van der Waals surface area (Å²) in [6, 6.07) is -0.0134. The summed E-state index contributed by atoms with van der Waals surface area (Å²) in [6.07, 6.45) is 0. The SMILES string of the molecule is CNC(=O)CN1CCN(C(=O)C2CSCN2)CC1. The van der Waals surface area contributed by atoms with Gasteiger partial charge in [0.1, 0.15) is 0 Å². The van der Waals surface area contributed by atoms with Gasteiger partial charge in [0.2, 0.25) is 11.8 Å². The average Bonchev–Trinajstić information content (AvgIpc) is 2.92. The van der Waals surface area contributed by atoms with Gasteiger partial charge in [0.25, 0.3) is 0 Å². The molecule has 0 spiro atoms. The lowest BCUT2D eigenvalue weighted by molar-refractivity contribution is -0.134. The molecule has 102 valence electrons. The molecule has 0 saturated carbocycles. The van der Waals surface area contributed by atoms with E-state index in [1.807, 2.05) is 4.90 Å². The van der Waals surface area contributed by atoms with Crippen LogP contribution in [-0.2, 0) is 9.59 Å². The van der Waals surface area contributed by atoms with Gasteiger partial charge in [-0.25, -0.2) is 0 Å². The number of hydrogen-bond acceptors (Lipinski definition) is 5. The van der Waals surface area contributed by atoms with Crippen LogP contribution in [0, 0.1) is 0 Å². The topological polar surface area (TPSA) is 64.7 Å². The molecule has 2 saturated heterocycles. The standard InChI is InChI=1S/C11H20N4O2S/c1-12-10(16)6-14-2-4-15(5-3-14)11(17)9-7-18-8-13-9/h9,13H,2-8H2,1H3,(H,12,16). The molecular formula is C11H20N4O2S. The van der Waals surface area contributed by atoms with Crippen LogP contribution in [0.25, 0.3) is 0 Å². The summed E-state index contributed by atoms with van der Waals surface area (Å²) in [4.78, 5) is 27.4. The molecule has 2 rings (SSSR count). The van der Waals surface area contributed by atoms with Gasteiger partial charge in [-0.1, -0.05) is 0 Å². The van der Waals surface area contributed by atoms with E-state index in [1.54, 1.807) is 18.8 Å². The lowest BCUT2D eigenvalue weighted by Crippen LogP contribution is -2.54. The van der Waals surface area contributed by atoms with Crippen LogP contribution in [0.2, 0.25) is 0 Å². The van der Waals surface area contributed by atoms with Crippen LogP contribution in [0.15, 0.2) is 0 Å². The summed E-state index contributed by atoms with van der Waals surface area (Å²) in [5.41, 5.74) is 0. The van der Waals surface area contributed by atoms with E-state index in [0.29, 0.717) is 6.54 Å². The van der Waals surface area contributed by atoms with E-state index in [1.165, 1.54) is 0 Å². The summed E-state index contributed by atoms with van der Waals surface area (Å²) in [7, 11) is 1.64. The Morgan fingerprint density at radius 1 is 1.33 bits per heavy atom. The molecule has 0 aromatic rings. The molecule has 1 atom stereocenters. The number of carbonyl (C=O) groups excluding carboxylic acids is 2. The summed E-state index contributed by atoms with van der Waals surface area (Å²) < 4.78 is 0. The zero-order chi connectivity index (χ0) is 13.0. The molecule has 0 aromatic carbocycles. The van der Waals surface area contributed by atoms with Crippen molar-refractivity contribution in [2.24, 2.45) is 0 Å². The fourth-order valence-electron chi connectivity index (χ4n) is 2.18. The minimum Gasteiger partial charge on any atom is -0.358 e. The van der Waals surface area contributed by atoms with E-state index in [2.05, 4.69) is 15.5 Å². The van der Waals surface area contributed by atoms with Crippen LogP contribution in [0.4, 0.5) is 0 Å². The summed E-state index contributed by atoms with van der Waals surface area (Å²) >= 11 is 1.76. The van der Waals surface area contributed by atoms with Gasteiger partial charge in [0.05, 0.1) is 12.6 Å². The first-order valence-electron chi connectivity index (χ1n) is 6.23. The predicted molar refractivity (Wildman–Crippen MR) is 71.3 cm³/mol. The number of carbonyl (C=O) groups is 2. The van der Waals surface area contributed by atoms with Crippen LogP contribution >= 0.6 is 11.8 Å². The van der Waals surface area contributed by atoms with E-state index in [-0.39, 0.29) is 17.9 Å². The molecule has 7 heteroatoms. The van der Waals surface area contributed by atoms with Crippen molar-refractivity contribution >= 4 is 23.6 Å². The Bertz CT molecular complexity index is 312. The van der Waals surface area contributed by atoms with Crippen molar-refractivity contribution in [1.29, 1.82) is 0 Å². The van der Waals surface area contributed by atoms with Gasteiger partial charge in [-0.05, 0) is 0 Å². The molecule has 2 fully saturated rings. The first kappa shape index (κ1) is 13.6. The molecule has 0 aliphatic carbocycles. The zero-order valence-electron chi connectivity index (χ0n) is 10.6. The quantitative estimate of drug-likeness (QED) is 0.657. The summed E-state index contributed by atoms with van der Waals surface area (Å²) in [5.74, 6) is 1.98. The van der Waals surface area contributed by atoms with Gasteiger partial charge >= 0.3 is 0 Å². The van der Waals surface area contributed by atoms with Crippen molar-refractivity contribution in [3.8, 4) is 0 Å².